The van der Waals surface area contributed by atoms with E-state index >= 15 is 0 Å². The van der Waals surface area contributed by atoms with Gasteiger partial charge in [0.25, 0.3) is 5.56 Å². The summed E-state index contributed by atoms with van der Waals surface area (Å²) in [5.41, 5.74) is 6.34. The van der Waals surface area contributed by atoms with Crippen molar-refractivity contribution in [2.24, 2.45) is 0 Å². The van der Waals surface area contributed by atoms with E-state index in [2.05, 4.69) is 12.1 Å². The summed E-state index contributed by atoms with van der Waals surface area (Å²) in [5.74, 6) is 2.31. The molecule has 0 aliphatic heterocycles. The lowest BCUT2D eigenvalue weighted by molar-refractivity contribution is 0.669. The summed E-state index contributed by atoms with van der Waals surface area (Å²) in [5, 5.41) is 4.32. The number of para-hydroxylation sites is 1. The first-order valence-electron chi connectivity index (χ1n) is 15.7. The summed E-state index contributed by atoms with van der Waals surface area (Å²) < 4.78 is 8.14. The third-order valence-corrected chi connectivity index (χ3v) is 9.02. The number of benzene rings is 6. The lowest BCUT2D eigenvalue weighted by Gasteiger charge is -2.09. The van der Waals surface area contributed by atoms with Gasteiger partial charge in [-0.25, -0.2) is 19.9 Å². The zero-order valence-corrected chi connectivity index (χ0v) is 25.3. The SMILES string of the molecule is O=c1c2ccccc2c2cccc3nc(-c4cccc5oc6ccc(-c7nc(-c8ccccc8)nc(-c8ccccc8)n7)cc6c45)n1c32. The van der Waals surface area contributed by atoms with Gasteiger partial charge in [0.2, 0.25) is 0 Å². The number of rotatable bonds is 4. The molecule has 0 N–H and O–H groups in total. The molecule has 0 unspecified atom stereocenters. The average molecular weight is 618 g/mol. The van der Waals surface area contributed by atoms with E-state index in [0.717, 1.165) is 54.8 Å². The molecule has 0 aliphatic carbocycles. The Labute approximate surface area is 272 Å². The first kappa shape index (κ1) is 26.5. The van der Waals surface area contributed by atoms with Crippen LogP contribution < -0.4 is 5.56 Å². The smallest absolute Gasteiger partial charge is 0.264 e. The van der Waals surface area contributed by atoms with Crippen molar-refractivity contribution >= 4 is 49.1 Å². The first-order valence-corrected chi connectivity index (χ1v) is 15.7. The van der Waals surface area contributed by atoms with Gasteiger partial charge >= 0.3 is 0 Å². The van der Waals surface area contributed by atoms with Crippen molar-refractivity contribution in [2.45, 2.75) is 0 Å². The molecule has 10 aromatic rings. The Morgan fingerprint density at radius 2 is 1.10 bits per heavy atom. The minimum Gasteiger partial charge on any atom is -0.456 e. The highest BCUT2D eigenvalue weighted by Crippen LogP contribution is 2.39. The van der Waals surface area contributed by atoms with E-state index < -0.39 is 0 Å². The predicted octanol–water partition coefficient (Wildman–Crippen LogP) is 9.19. The summed E-state index contributed by atoms with van der Waals surface area (Å²) in [6.07, 6.45) is 0. The molecule has 0 atom stereocenters. The Balaban J connectivity index is 1.23. The van der Waals surface area contributed by atoms with Gasteiger partial charge in [-0.2, -0.15) is 0 Å². The van der Waals surface area contributed by atoms with Gasteiger partial charge in [-0.1, -0.05) is 103 Å². The van der Waals surface area contributed by atoms with Crippen molar-refractivity contribution in [3.05, 3.63) is 150 Å². The standard InChI is InChI=1S/C41H23N5O2/c47-41-29-16-8-7-15-27(29)28-17-9-19-32-36(28)46(41)40(42-32)30-18-10-20-34-35(30)31-23-26(21-22-33(31)48-34)39-44-37(24-11-3-1-4-12-24)43-38(45-39)25-13-5-2-6-14-25/h1-23H. The molecule has 7 heteroatoms. The molecular formula is C41H23N5O2. The predicted molar refractivity (Wildman–Crippen MR) is 190 cm³/mol. The third-order valence-electron chi connectivity index (χ3n) is 9.02. The largest absolute Gasteiger partial charge is 0.456 e. The van der Waals surface area contributed by atoms with Gasteiger partial charge < -0.3 is 4.42 Å². The van der Waals surface area contributed by atoms with E-state index in [9.17, 15) is 4.79 Å². The topological polar surface area (TPSA) is 86.2 Å². The van der Waals surface area contributed by atoms with Crippen LogP contribution in [0.15, 0.2) is 149 Å². The molecule has 0 fully saturated rings. The Hall–Kier alpha value is -6.73. The normalized spacial score (nSPS) is 11.8. The van der Waals surface area contributed by atoms with E-state index in [1.807, 2.05) is 127 Å². The first-order chi connectivity index (χ1) is 23.7. The van der Waals surface area contributed by atoms with E-state index in [1.54, 1.807) is 4.40 Å². The molecule has 0 saturated heterocycles. The molecule has 4 aromatic heterocycles. The molecule has 10 rings (SSSR count). The molecule has 4 heterocycles. The Morgan fingerprint density at radius 3 is 1.83 bits per heavy atom. The van der Waals surface area contributed by atoms with Crippen LogP contribution in [0.1, 0.15) is 0 Å². The molecule has 0 aliphatic rings. The van der Waals surface area contributed by atoms with E-state index in [0.29, 0.717) is 39.8 Å². The zero-order valence-electron chi connectivity index (χ0n) is 25.3. The van der Waals surface area contributed by atoms with Crippen molar-refractivity contribution in [3.63, 3.8) is 0 Å². The maximum absolute atomic E-state index is 14.1. The maximum Gasteiger partial charge on any atom is 0.264 e. The fourth-order valence-corrected chi connectivity index (χ4v) is 6.84. The Bertz CT molecular complexity index is 2860. The third kappa shape index (κ3) is 3.91. The molecule has 0 spiro atoms. The number of pyridine rings is 1. The number of aromatic nitrogens is 5. The van der Waals surface area contributed by atoms with Crippen LogP contribution in [0, 0.1) is 0 Å². The van der Waals surface area contributed by atoms with Crippen molar-refractivity contribution in [3.8, 4) is 45.6 Å². The molecule has 6 aromatic carbocycles. The maximum atomic E-state index is 14.1. The number of hydrogen-bond donors (Lipinski definition) is 0. The fraction of sp³-hybridized carbons (Fsp3) is 0. The average Bonchev–Trinajstić information content (AvgIpc) is 3.74. The second-order valence-corrected chi connectivity index (χ2v) is 11.8. The molecule has 0 saturated carbocycles. The minimum atomic E-state index is -0.0978. The summed E-state index contributed by atoms with van der Waals surface area (Å²) in [6, 6.07) is 45.5. The van der Waals surface area contributed by atoms with Crippen molar-refractivity contribution in [2.75, 3.05) is 0 Å². The molecule has 0 bridgehead atoms. The van der Waals surface area contributed by atoms with Gasteiger partial charge in [0.05, 0.1) is 11.0 Å². The summed E-state index contributed by atoms with van der Waals surface area (Å²) in [7, 11) is 0. The molecule has 0 amide bonds. The van der Waals surface area contributed by atoms with Crippen LogP contribution in [0.5, 0.6) is 0 Å². The van der Waals surface area contributed by atoms with Crippen LogP contribution in [0.25, 0.3) is 94.7 Å². The second-order valence-electron chi connectivity index (χ2n) is 11.8. The van der Waals surface area contributed by atoms with E-state index in [-0.39, 0.29) is 5.56 Å². The minimum absolute atomic E-state index is 0.0978. The van der Waals surface area contributed by atoms with Crippen molar-refractivity contribution in [1.29, 1.82) is 0 Å². The van der Waals surface area contributed by atoms with Crippen LogP contribution in [-0.2, 0) is 0 Å². The zero-order chi connectivity index (χ0) is 31.8. The van der Waals surface area contributed by atoms with Crippen LogP contribution in [0.4, 0.5) is 0 Å². The van der Waals surface area contributed by atoms with Gasteiger partial charge in [0, 0.05) is 43.8 Å². The van der Waals surface area contributed by atoms with E-state index in [4.69, 9.17) is 24.4 Å². The van der Waals surface area contributed by atoms with Crippen molar-refractivity contribution in [1.82, 2.24) is 24.3 Å². The van der Waals surface area contributed by atoms with Crippen LogP contribution >= 0.6 is 0 Å². The molecule has 224 valence electrons. The number of nitrogens with zero attached hydrogens (tertiary/aromatic N) is 5. The Morgan fingerprint density at radius 1 is 0.479 bits per heavy atom. The second kappa shape index (κ2) is 10.1. The monoisotopic (exact) mass is 617 g/mol. The summed E-state index contributed by atoms with van der Waals surface area (Å²) in [6.45, 7) is 0. The summed E-state index contributed by atoms with van der Waals surface area (Å²) >= 11 is 0. The lowest BCUT2D eigenvalue weighted by atomic mass is 10.0. The quantitative estimate of drug-likeness (QED) is 0.183. The highest BCUT2D eigenvalue weighted by Gasteiger charge is 2.22. The van der Waals surface area contributed by atoms with Gasteiger partial charge in [-0.05, 0) is 41.8 Å². The van der Waals surface area contributed by atoms with Crippen molar-refractivity contribution < 1.29 is 4.42 Å². The lowest BCUT2D eigenvalue weighted by Crippen LogP contribution is -2.14. The summed E-state index contributed by atoms with van der Waals surface area (Å²) in [4.78, 5) is 33.9. The van der Waals surface area contributed by atoms with Crippen LogP contribution in [0.2, 0.25) is 0 Å². The van der Waals surface area contributed by atoms with Gasteiger partial charge in [0.1, 0.15) is 17.0 Å². The highest BCUT2D eigenvalue weighted by atomic mass is 16.3. The number of hydrogen-bond acceptors (Lipinski definition) is 6. The van der Waals surface area contributed by atoms with E-state index in [1.165, 1.54) is 0 Å². The van der Waals surface area contributed by atoms with Gasteiger partial charge in [-0.15, -0.1) is 0 Å². The number of fused-ring (bicyclic) bond motifs is 5. The van der Waals surface area contributed by atoms with Gasteiger partial charge in [0.15, 0.2) is 17.5 Å². The molecular weight excluding hydrogens is 594 g/mol. The number of furan rings is 1. The molecule has 0 radical (unpaired) electrons. The molecule has 48 heavy (non-hydrogen) atoms. The van der Waals surface area contributed by atoms with Crippen LogP contribution in [0.3, 0.4) is 0 Å². The Kier molecular flexibility index (Phi) is 5.59. The fourth-order valence-electron chi connectivity index (χ4n) is 6.84. The van der Waals surface area contributed by atoms with Gasteiger partial charge in [-0.3, -0.25) is 9.20 Å². The number of imidazole rings is 1. The van der Waals surface area contributed by atoms with Crippen LogP contribution in [-0.4, -0.2) is 24.3 Å². The highest BCUT2D eigenvalue weighted by molar-refractivity contribution is 6.15. The molecule has 7 nitrogen and oxygen atoms in total.